The van der Waals surface area contributed by atoms with Crippen LogP contribution in [0.25, 0.3) is 0 Å². The molecule has 35 heavy (non-hydrogen) atoms. The number of ether oxygens (including phenoxy) is 1. The van der Waals surface area contributed by atoms with Crippen molar-refractivity contribution in [2.75, 3.05) is 26.7 Å². The van der Waals surface area contributed by atoms with E-state index in [1.807, 2.05) is 49.5 Å². The van der Waals surface area contributed by atoms with Crippen LogP contribution in [0.4, 0.5) is 0 Å². The monoisotopic (exact) mass is 470 g/mol. The van der Waals surface area contributed by atoms with Crippen LogP contribution in [0.15, 0.2) is 84.9 Å². The van der Waals surface area contributed by atoms with Gasteiger partial charge in [0.25, 0.3) is 0 Å². The fraction of sp³-hybridized carbons (Fsp3) is 0.387. The Bertz CT molecular complexity index is 1030. The van der Waals surface area contributed by atoms with Crippen LogP contribution in [0, 0.1) is 5.92 Å². The Labute approximate surface area is 210 Å². The summed E-state index contributed by atoms with van der Waals surface area (Å²) in [5.74, 6) is 1.61. The van der Waals surface area contributed by atoms with Crippen LogP contribution in [-0.2, 0) is 6.54 Å². The van der Waals surface area contributed by atoms with Gasteiger partial charge >= 0.3 is 0 Å². The third-order valence-electron chi connectivity index (χ3n) is 7.00. The lowest BCUT2D eigenvalue weighted by molar-refractivity contribution is 0.0960. The number of carbonyl (C=O) groups excluding carboxylic acids is 1. The van der Waals surface area contributed by atoms with Crippen LogP contribution < -0.4 is 10.1 Å². The lowest BCUT2D eigenvalue weighted by Gasteiger charge is -2.32. The average Bonchev–Trinajstić information content (AvgIpc) is 2.91. The molecule has 0 amide bonds. The molecule has 4 nitrogen and oxygen atoms in total. The maximum absolute atomic E-state index is 13.0. The Balaban J connectivity index is 1.27. The summed E-state index contributed by atoms with van der Waals surface area (Å²) in [6, 6.07) is 28.7. The van der Waals surface area contributed by atoms with Crippen molar-refractivity contribution in [2.45, 2.75) is 44.8 Å². The van der Waals surface area contributed by atoms with Gasteiger partial charge in [-0.25, -0.2) is 0 Å². The van der Waals surface area contributed by atoms with Crippen molar-refractivity contribution in [1.82, 2.24) is 10.2 Å². The van der Waals surface area contributed by atoms with Crippen molar-refractivity contribution in [2.24, 2.45) is 5.92 Å². The number of benzene rings is 3. The van der Waals surface area contributed by atoms with Crippen LogP contribution in [0.2, 0.25) is 0 Å². The Morgan fingerprint density at radius 1 is 0.971 bits per heavy atom. The largest absolute Gasteiger partial charge is 0.486 e. The molecule has 0 spiro atoms. The summed E-state index contributed by atoms with van der Waals surface area (Å²) in [6.07, 6.45) is 4.74. The molecule has 3 aromatic rings. The number of rotatable bonds is 12. The van der Waals surface area contributed by atoms with E-state index in [-0.39, 0.29) is 11.9 Å². The highest BCUT2D eigenvalue weighted by Gasteiger charge is 2.21. The minimum atomic E-state index is -0.0462. The van der Waals surface area contributed by atoms with Crippen molar-refractivity contribution < 1.29 is 9.53 Å². The number of nitrogens with one attached hydrogen (secondary N) is 1. The molecule has 1 aliphatic heterocycles. The number of carbonyl (C=O) groups is 1. The molecule has 1 fully saturated rings. The zero-order valence-corrected chi connectivity index (χ0v) is 20.9. The molecule has 1 atom stereocenters. The molecule has 4 rings (SSSR count). The van der Waals surface area contributed by atoms with E-state index >= 15 is 0 Å². The van der Waals surface area contributed by atoms with Crippen LogP contribution in [-0.4, -0.2) is 37.4 Å². The fourth-order valence-corrected chi connectivity index (χ4v) is 4.90. The van der Waals surface area contributed by atoms with Gasteiger partial charge in [0.2, 0.25) is 0 Å². The van der Waals surface area contributed by atoms with Gasteiger partial charge in [0.15, 0.2) is 5.78 Å². The highest BCUT2D eigenvalue weighted by molar-refractivity contribution is 5.96. The minimum Gasteiger partial charge on any atom is -0.486 e. The molecule has 1 unspecified atom stereocenters. The maximum atomic E-state index is 13.0. The number of Topliss-reactive ketones (excluding diaryl/α,β-unsaturated/α-hetero) is 1. The molecule has 0 aliphatic carbocycles. The quantitative estimate of drug-likeness (QED) is 0.316. The van der Waals surface area contributed by atoms with Gasteiger partial charge in [-0.15, -0.1) is 0 Å². The molecular formula is C31H38N2O2. The Kier molecular flexibility index (Phi) is 9.50. The van der Waals surface area contributed by atoms with Gasteiger partial charge in [0.05, 0.1) is 0 Å². The van der Waals surface area contributed by atoms with Gasteiger partial charge < -0.3 is 10.1 Å². The van der Waals surface area contributed by atoms with Gasteiger partial charge in [-0.1, -0.05) is 72.8 Å². The smallest absolute Gasteiger partial charge is 0.163 e. The molecular weight excluding hydrogens is 432 g/mol. The van der Waals surface area contributed by atoms with E-state index in [2.05, 4.69) is 52.7 Å². The summed E-state index contributed by atoms with van der Waals surface area (Å²) in [6.45, 7) is 4.12. The number of nitrogens with zero attached hydrogens (tertiary/aromatic N) is 1. The molecule has 1 heterocycles. The standard InChI is InChI=1S/C31H38N2O2/c1-32-20-17-31(27-11-6-3-7-12-27)35-29-14-8-13-28(23-29)30(34)16-15-25-18-21-33(22-19-25)24-26-9-4-2-5-10-26/h2-14,23,25,31-32H,15-22,24H2,1H3. The second-order valence-corrected chi connectivity index (χ2v) is 9.60. The van der Waals surface area contributed by atoms with E-state index in [0.29, 0.717) is 12.3 Å². The highest BCUT2D eigenvalue weighted by atomic mass is 16.5. The lowest BCUT2D eigenvalue weighted by Crippen LogP contribution is -2.33. The predicted octanol–water partition coefficient (Wildman–Crippen LogP) is 6.29. The zero-order chi connectivity index (χ0) is 24.3. The first-order valence-corrected chi connectivity index (χ1v) is 13.0. The van der Waals surface area contributed by atoms with Crippen molar-refractivity contribution in [3.05, 3.63) is 102 Å². The van der Waals surface area contributed by atoms with Crippen LogP contribution in [0.5, 0.6) is 5.75 Å². The van der Waals surface area contributed by atoms with E-state index in [4.69, 9.17) is 4.74 Å². The highest BCUT2D eigenvalue weighted by Crippen LogP contribution is 2.27. The minimum absolute atomic E-state index is 0.0462. The third-order valence-corrected chi connectivity index (χ3v) is 7.00. The number of likely N-dealkylation sites (tertiary alicyclic amines) is 1. The summed E-state index contributed by atoms with van der Waals surface area (Å²) in [4.78, 5) is 15.5. The van der Waals surface area contributed by atoms with Gasteiger partial charge in [0, 0.05) is 24.9 Å². The van der Waals surface area contributed by atoms with E-state index in [9.17, 15) is 4.79 Å². The predicted molar refractivity (Wildman–Crippen MR) is 143 cm³/mol. The molecule has 1 saturated heterocycles. The first-order chi connectivity index (χ1) is 17.2. The van der Waals surface area contributed by atoms with Crippen molar-refractivity contribution >= 4 is 5.78 Å². The fourth-order valence-electron chi connectivity index (χ4n) is 4.90. The number of hydrogen-bond acceptors (Lipinski definition) is 4. The Hall–Kier alpha value is -2.95. The zero-order valence-electron chi connectivity index (χ0n) is 20.9. The summed E-state index contributed by atoms with van der Waals surface area (Å²) in [5.41, 5.74) is 3.28. The lowest BCUT2D eigenvalue weighted by atomic mass is 9.90. The first-order valence-electron chi connectivity index (χ1n) is 13.0. The molecule has 0 aromatic heterocycles. The van der Waals surface area contributed by atoms with Gasteiger partial charge in [0.1, 0.15) is 11.9 Å². The summed E-state index contributed by atoms with van der Waals surface area (Å²) < 4.78 is 6.35. The van der Waals surface area contributed by atoms with Gasteiger partial charge in [-0.2, -0.15) is 0 Å². The third kappa shape index (κ3) is 7.78. The Morgan fingerprint density at radius 3 is 2.40 bits per heavy atom. The van der Waals surface area contributed by atoms with Crippen molar-refractivity contribution in [3.8, 4) is 5.75 Å². The topological polar surface area (TPSA) is 41.6 Å². The second-order valence-electron chi connectivity index (χ2n) is 9.60. The average molecular weight is 471 g/mol. The molecule has 4 heteroatoms. The van der Waals surface area contributed by atoms with Crippen LogP contribution in [0.3, 0.4) is 0 Å². The molecule has 0 bridgehead atoms. The van der Waals surface area contributed by atoms with Crippen molar-refractivity contribution in [3.63, 3.8) is 0 Å². The summed E-state index contributed by atoms with van der Waals surface area (Å²) in [5, 5.41) is 3.21. The van der Waals surface area contributed by atoms with E-state index in [1.165, 1.54) is 18.4 Å². The summed E-state index contributed by atoms with van der Waals surface area (Å²) in [7, 11) is 1.95. The van der Waals surface area contributed by atoms with Crippen LogP contribution in [0.1, 0.15) is 59.7 Å². The molecule has 184 valence electrons. The molecule has 3 aromatic carbocycles. The molecule has 0 radical (unpaired) electrons. The van der Waals surface area contributed by atoms with E-state index in [0.717, 1.165) is 55.9 Å². The van der Waals surface area contributed by atoms with Crippen LogP contribution >= 0.6 is 0 Å². The molecule has 1 aliphatic rings. The van der Waals surface area contributed by atoms with E-state index in [1.54, 1.807) is 0 Å². The molecule has 1 N–H and O–H groups in total. The van der Waals surface area contributed by atoms with Crippen molar-refractivity contribution in [1.29, 1.82) is 0 Å². The summed E-state index contributed by atoms with van der Waals surface area (Å²) >= 11 is 0. The Morgan fingerprint density at radius 2 is 1.69 bits per heavy atom. The maximum Gasteiger partial charge on any atom is 0.163 e. The number of piperidine rings is 1. The van der Waals surface area contributed by atoms with Gasteiger partial charge in [-0.05, 0) is 75.1 Å². The SMILES string of the molecule is CNCCC(Oc1cccc(C(=O)CCC2CCN(Cc3ccccc3)CC2)c1)c1ccccc1. The van der Waals surface area contributed by atoms with E-state index < -0.39 is 0 Å². The number of hydrogen-bond donors (Lipinski definition) is 1. The molecule has 0 saturated carbocycles. The van der Waals surface area contributed by atoms with Gasteiger partial charge in [-0.3, -0.25) is 9.69 Å². The second kappa shape index (κ2) is 13.2. The first kappa shape index (κ1) is 25.2. The number of ketones is 1. The normalized spacial score (nSPS) is 15.6.